The molecule has 3 aromatic rings. The lowest BCUT2D eigenvalue weighted by molar-refractivity contribution is -0.142. The van der Waals surface area contributed by atoms with Gasteiger partial charge in [0.05, 0.1) is 0 Å². The van der Waals surface area contributed by atoms with Crippen LogP contribution >= 0.6 is 0 Å². The van der Waals surface area contributed by atoms with E-state index >= 15 is 0 Å². The molecule has 0 unspecified atom stereocenters. The van der Waals surface area contributed by atoms with E-state index in [1.807, 2.05) is 86.6 Å². The average Bonchev–Trinajstić information content (AvgIpc) is 2.81. The second-order valence-corrected chi connectivity index (χ2v) is 7.77. The minimum atomic E-state index is -0.613. The van der Waals surface area contributed by atoms with Crippen LogP contribution in [0.2, 0.25) is 0 Å². The van der Waals surface area contributed by atoms with E-state index in [9.17, 15) is 9.59 Å². The van der Waals surface area contributed by atoms with Crippen LogP contribution in [0.4, 0.5) is 0 Å². The van der Waals surface area contributed by atoms with Crippen LogP contribution in [0.25, 0.3) is 10.8 Å². The third-order valence-corrected chi connectivity index (χ3v) is 5.46. The van der Waals surface area contributed by atoms with Crippen LogP contribution in [-0.2, 0) is 16.1 Å². The maximum atomic E-state index is 13.2. The van der Waals surface area contributed by atoms with Gasteiger partial charge in [0.1, 0.15) is 11.8 Å². The Kier molecular flexibility index (Phi) is 7.65. The van der Waals surface area contributed by atoms with Crippen LogP contribution in [0.15, 0.2) is 72.8 Å². The van der Waals surface area contributed by atoms with Crippen molar-refractivity contribution in [1.29, 1.82) is 0 Å². The number of nitrogens with one attached hydrogen (secondary N) is 1. The average molecular weight is 419 g/mol. The number of carbonyl (C=O) groups excluding carboxylic acids is 2. The van der Waals surface area contributed by atoms with E-state index in [2.05, 4.69) is 5.32 Å². The lowest BCUT2D eigenvalue weighted by atomic mass is 10.1. The first-order valence-corrected chi connectivity index (χ1v) is 10.7. The molecular weight excluding hydrogens is 388 g/mol. The van der Waals surface area contributed by atoms with Crippen molar-refractivity contribution in [3.05, 3.63) is 78.4 Å². The minimum absolute atomic E-state index is 0.0514. The Morgan fingerprint density at radius 3 is 2.35 bits per heavy atom. The van der Waals surface area contributed by atoms with Crippen LogP contribution in [0.1, 0.15) is 32.8 Å². The standard InChI is InChI=1S/C26H30N2O3/c1-4-19(2)27-26(30)20(3)28(17-21-11-6-5-7-12-21)25(29)18-31-24-16-10-14-22-13-8-9-15-23(22)24/h5-16,19-20H,4,17-18H2,1-3H3,(H,27,30)/t19-,20-/m0/s1. The summed E-state index contributed by atoms with van der Waals surface area (Å²) >= 11 is 0. The van der Waals surface area contributed by atoms with E-state index < -0.39 is 6.04 Å². The summed E-state index contributed by atoms with van der Waals surface area (Å²) < 4.78 is 5.91. The highest BCUT2D eigenvalue weighted by atomic mass is 16.5. The van der Waals surface area contributed by atoms with Gasteiger partial charge in [-0.1, -0.05) is 73.7 Å². The molecule has 5 heteroatoms. The smallest absolute Gasteiger partial charge is 0.261 e. The lowest BCUT2D eigenvalue weighted by Gasteiger charge is -2.29. The van der Waals surface area contributed by atoms with Crippen LogP contribution in [0, 0.1) is 0 Å². The van der Waals surface area contributed by atoms with Gasteiger partial charge in [-0.3, -0.25) is 9.59 Å². The summed E-state index contributed by atoms with van der Waals surface area (Å²) in [6.07, 6.45) is 0.829. The normalized spacial score (nSPS) is 12.7. The maximum Gasteiger partial charge on any atom is 0.261 e. The fraction of sp³-hybridized carbons (Fsp3) is 0.308. The van der Waals surface area contributed by atoms with Crippen LogP contribution < -0.4 is 10.1 Å². The minimum Gasteiger partial charge on any atom is -0.483 e. The Bertz CT molecular complexity index is 1010. The molecule has 1 N–H and O–H groups in total. The van der Waals surface area contributed by atoms with Gasteiger partial charge in [0, 0.05) is 18.0 Å². The van der Waals surface area contributed by atoms with Crippen molar-refractivity contribution in [2.45, 2.75) is 45.8 Å². The van der Waals surface area contributed by atoms with Crippen molar-refractivity contribution in [2.75, 3.05) is 6.61 Å². The number of hydrogen-bond donors (Lipinski definition) is 1. The predicted octanol–water partition coefficient (Wildman–Crippen LogP) is 4.55. The summed E-state index contributed by atoms with van der Waals surface area (Å²) in [5.41, 5.74) is 0.962. The Morgan fingerprint density at radius 1 is 0.935 bits per heavy atom. The van der Waals surface area contributed by atoms with Gasteiger partial charge in [-0.2, -0.15) is 0 Å². The van der Waals surface area contributed by atoms with Gasteiger partial charge < -0.3 is 15.0 Å². The van der Waals surface area contributed by atoms with Crippen LogP contribution in [0.3, 0.4) is 0 Å². The molecule has 0 fully saturated rings. The summed E-state index contributed by atoms with van der Waals surface area (Å²) in [4.78, 5) is 27.5. The molecule has 3 rings (SSSR count). The monoisotopic (exact) mass is 418 g/mol. The van der Waals surface area contributed by atoms with Gasteiger partial charge in [-0.05, 0) is 37.3 Å². The first kappa shape index (κ1) is 22.3. The van der Waals surface area contributed by atoms with Gasteiger partial charge in [-0.15, -0.1) is 0 Å². The molecule has 0 saturated carbocycles. The van der Waals surface area contributed by atoms with Gasteiger partial charge in [-0.25, -0.2) is 0 Å². The second-order valence-electron chi connectivity index (χ2n) is 7.77. The van der Waals surface area contributed by atoms with Gasteiger partial charge >= 0.3 is 0 Å². The Hall–Kier alpha value is -3.34. The quantitative estimate of drug-likeness (QED) is 0.555. The number of ether oxygens (including phenoxy) is 1. The molecule has 2 atom stereocenters. The number of fused-ring (bicyclic) bond motifs is 1. The summed E-state index contributed by atoms with van der Waals surface area (Å²) in [5.74, 6) is 0.259. The molecule has 0 saturated heterocycles. The van der Waals surface area contributed by atoms with E-state index in [-0.39, 0.29) is 24.5 Å². The Balaban J connectivity index is 1.77. The zero-order valence-corrected chi connectivity index (χ0v) is 18.4. The molecule has 0 radical (unpaired) electrons. The molecule has 31 heavy (non-hydrogen) atoms. The maximum absolute atomic E-state index is 13.2. The van der Waals surface area contributed by atoms with Gasteiger partial charge in [0.2, 0.25) is 5.91 Å². The van der Waals surface area contributed by atoms with Crippen LogP contribution in [0.5, 0.6) is 5.75 Å². The molecule has 0 aliphatic carbocycles. The van der Waals surface area contributed by atoms with Crippen molar-refractivity contribution in [2.24, 2.45) is 0 Å². The Morgan fingerprint density at radius 2 is 1.61 bits per heavy atom. The molecule has 0 aromatic heterocycles. The van der Waals surface area contributed by atoms with E-state index in [1.165, 1.54) is 0 Å². The molecule has 5 nitrogen and oxygen atoms in total. The molecule has 3 aromatic carbocycles. The SMILES string of the molecule is CC[C@H](C)NC(=O)[C@H](C)N(Cc1ccccc1)C(=O)COc1cccc2ccccc12. The highest BCUT2D eigenvalue weighted by Crippen LogP contribution is 2.25. The largest absolute Gasteiger partial charge is 0.483 e. The lowest BCUT2D eigenvalue weighted by Crippen LogP contribution is -2.50. The number of benzene rings is 3. The zero-order valence-electron chi connectivity index (χ0n) is 18.4. The topological polar surface area (TPSA) is 58.6 Å². The van der Waals surface area contributed by atoms with Gasteiger partial charge in [0.15, 0.2) is 6.61 Å². The first-order chi connectivity index (χ1) is 15.0. The van der Waals surface area contributed by atoms with E-state index in [0.717, 1.165) is 22.8 Å². The highest BCUT2D eigenvalue weighted by Gasteiger charge is 2.27. The van der Waals surface area contributed by atoms with Crippen molar-refractivity contribution in [3.63, 3.8) is 0 Å². The van der Waals surface area contributed by atoms with E-state index in [0.29, 0.717) is 12.3 Å². The molecular formula is C26H30N2O3. The van der Waals surface area contributed by atoms with Crippen LogP contribution in [-0.4, -0.2) is 35.4 Å². The number of hydrogen-bond acceptors (Lipinski definition) is 3. The van der Waals surface area contributed by atoms with Crippen molar-refractivity contribution < 1.29 is 14.3 Å². The summed E-state index contributed by atoms with van der Waals surface area (Å²) in [6, 6.07) is 22.8. The van der Waals surface area contributed by atoms with Gasteiger partial charge in [0.25, 0.3) is 5.91 Å². The Labute approximate surface area is 184 Å². The van der Waals surface area contributed by atoms with Crippen molar-refractivity contribution in [1.82, 2.24) is 10.2 Å². The molecule has 0 bridgehead atoms. The second kappa shape index (κ2) is 10.6. The zero-order chi connectivity index (χ0) is 22.2. The molecule has 0 aliphatic heterocycles. The van der Waals surface area contributed by atoms with E-state index in [1.54, 1.807) is 11.8 Å². The van der Waals surface area contributed by atoms with Crippen molar-refractivity contribution >= 4 is 22.6 Å². The molecule has 162 valence electrons. The molecule has 0 aliphatic rings. The molecule has 0 heterocycles. The molecule has 0 spiro atoms. The summed E-state index contributed by atoms with van der Waals surface area (Å²) in [6.45, 7) is 5.93. The number of nitrogens with zero attached hydrogens (tertiary/aromatic N) is 1. The fourth-order valence-corrected chi connectivity index (χ4v) is 3.37. The van der Waals surface area contributed by atoms with Crippen molar-refractivity contribution in [3.8, 4) is 5.75 Å². The first-order valence-electron chi connectivity index (χ1n) is 10.7. The third kappa shape index (κ3) is 5.85. The third-order valence-electron chi connectivity index (χ3n) is 5.46. The number of amides is 2. The number of carbonyl (C=O) groups is 2. The predicted molar refractivity (Wildman–Crippen MR) is 124 cm³/mol. The summed E-state index contributed by atoms with van der Waals surface area (Å²) in [5, 5.41) is 4.98. The number of rotatable bonds is 9. The van der Waals surface area contributed by atoms with E-state index in [4.69, 9.17) is 4.74 Å². The highest BCUT2D eigenvalue weighted by molar-refractivity contribution is 5.90. The summed E-state index contributed by atoms with van der Waals surface area (Å²) in [7, 11) is 0. The molecule has 2 amide bonds. The fourth-order valence-electron chi connectivity index (χ4n) is 3.37.